The predicted molar refractivity (Wildman–Crippen MR) is 78.8 cm³/mol. The molecule has 0 aliphatic rings. The number of anilines is 1. The van der Waals surface area contributed by atoms with Crippen LogP contribution in [-0.2, 0) is 0 Å². The van der Waals surface area contributed by atoms with Gasteiger partial charge in [-0.2, -0.15) is 24.7 Å². The van der Waals surface area contributed by atoms with Gasteiger partial charge in [-0.05, 0) is 31.9 Å². The average Bonchev–Trinajstić information content (AvgIpc) is 2.90. The maximum atomic E-state index is 5.81. The van der Waals surface area contributed by atoms with Crippen molar-refractivity contribution >= 4 is 5.95 Å². The van der Waals surface area contributed by atoms with Gasteiger partial charge in [0.05, 0.1) is 0 Å². The van der Waals surface area contributed by atoms with Gasteiger partial charge in [0.2, 0.25) is 5.95 Å². The van der Waals surface area contributed by atoms with Gasteiger partial charge in [-0.25, -0.2) is 4.98 Å². The first kappa shape index (κ1) is 13.2. The Balaban J connectivity index is 2.20. The standard InChI is InChI=1S/C14H15N7/c1-8-4-9(2)11(10(3)5-8)12-18-13(15)20-14(19-12)21-7-16-6-17-21/h4-7H,1-3H3,(H2,15,18,19,20). The lowest BCUT2D eigenvalue weighted by atomic mass is 9.99. The number of nitrogens with two attached hydrogens (primary N) is 1. The van der Waals surface area contributed by atoms with E-state index in [2.05, 4.69) is 44.1 Å². The number of aromatic nitrogens is 6. The Kier molecular flexibility index (Phi) is 3.09. The third-order valence-corrected chi connectivity index (χ3v) is 3.17. The number of nitrogens with zero attached hydrogens (tertiary/aromatic N) is 6. The number of hydrogen-bond donors (Lipinski definition) is 1. The van der Waals surface area contributed by atoms with Crippen LogP contribution in [0.4, 0.5) is 5.95 Å². The first-order valence-electron chi connectivity index (χ1n) is 6.49. The van der Waals surface area contributed by atoms with E-state index in [1.807, 2.05) is 13.8 Å². The fourth-order valence-corrected chi connectivity index (χ4v) is 2.44. The van der Waals surface area contributed by atoms with Crippen molar-refractivity contribution in [1.29, 1.82) is 0 Å². The topological polar surface area (TPSA) is 95.4 Å². The highest BCUT2D eigenvalue weighted by Gasteiger charge is 2.13. The fourth-order valence-electron chi connectivity index (χ4n) is 2.44. The van der Waals surface area contributed by atoms with Crippen LogP contribution in [0.3, 0.4) is 0 Å². The molecule has 7 heteroatoms. The maximum Gasteiger partial charge on any atom is 0.257 e. The van der Waals surface area contributed by atoms with Crippen LogP contribution in [0.2, 0.25) is 0 Å². The van der Waals surface area contributed by atoms with Crippen molar-refractivity contribution in [3.05, 3.63) is 41.5 Å². The summed E-state index contributed by atoms with van der Waals surface area (Å²) in [5, 5.41) is 4.02. The number of benzene rings is 1. The van der Waals surface area contributed by atoms with E-state index < -0.39 is 0 Å². The Hall–Kier alpha value is -2.83. The van der Waals surface area contributed by atoms with Crippen LogP contribution < -0.4 is 5.73 Å². The molecule has 2 aromatic heterocycles. The third kappa shape index (κ3) is 2.45. The lowest BCUT2D eigenvalue weighted by Crippen LogP contribution is -2.09. The Labute approximate surface area is 121 Å². The van der Waals surface area contributed by atoms with E-state index in [4.69, 9.17) is 5.73 Å². The van der Waals surface area contributed by atoms with Crippen molar-refractivity contribution < 1.29 is 0 Å². The molecule has 0 fully saturated rings. The van der Waals surface area contributed by atoms with Gasteiger partial charge < -0.3 is 5.73 Å². The zero-order chi connectivity index (χ0) is 15.0. The van der Waals surface area contributed by atoms with Crippen LogP contribution >= 0.6 is 0 Å². The molecule has 2 N–H and O–H groups in total. The molecule has 0 saturated carbocycles. The average molecular weight is 281 g/mol. The van der Waals surface area contributed by atoms with E-state index in [0.29, 0.717) is 11.8 Å². The summed E-state index contributed by atoms with van der Waals surface area (Å²) in [5.74, 6) is 1.06. The summed E-state index contributed by atoms with van der Waals surface area (Å²) in [5.41, 5.74) is 10.2. The number of hydrogen-bond acceptors (Lipinski definition) is 6. The summed E-state index contributed by atoms with van der Waals surface area (Å²) >= 11 is 0. The van der Waals surface area contributed by atoms with Gasteiger partial charge in [0, 0.05) is 5.56 Å². The SMILES string of the molecule is Cc1cc(C)c(-c2nc(N)nc(-n3cncn3)n2)c(C)c1. The van der Waals surface area contributed by atoms with Crippen LogP contribution in [0.1, 0.15) is 16.7 Å². The summed E-state index contributed by atoms with van der Waals surface area (Å²) in [6.07, 6.45) is 2.94. The minimum Gasteiger partial charge on any atom is -0.368 e. The van der Waals surface area contributed by atoms with E-state index in [9.17, 15) is 0 Å². The van der Waals surface area contributed by atoms with Gasteiger partial charge in [-0.1, -0.05) is 17.7 Å². The molecule has 3 aromatic rings. The highest BCUT2D eigenvalue weighted by atomic mass is 15.4. The smallest absolute Gasteiger partial charge is 0.257 e. The Morgan fingerprint density at radius 2 is 1.71 bits per heavy atom. The van der Waals surface area contributed by atoms with Gasteiger partial charge >= 0.3 is 0 Å². The summed E-state index contributed by atoms with van der Waals surface area (Å²) in [7, 11) is 0. The van der Waals surface area contributed by atoms with Crippen molar-refractivity contribution in [1.82, 2.24) is 29.7 Å². The number of aryl methyl sites for hydroxylation is 3. The molecule has 0 radical (unpaired) electrons. The van der Waals surface area contributed by atoms with Gasteiger partial charge in [0.15, 0.2) is 5.82 Å². The molecule has 0 aliphatic heterocycles. The Morgan fingerprint density at radius 3 is 2.33 bits per heavy atom. The normalized spacial score (nSPS) is 10.8. The molecule has 106 valence electrons. The van der Waals surface area contributed by atoms with E-state index in [0.717, 1.165) is 16.7 Å². The van der Waals surface area contributed by atoms with E-state index in [1.165, 1.54) is 22.9 Å². The van der Waals surface area contributed by atoms with Crippen LogP contribution in [0.15, 0.2) is 24.8 Å². The largest absolute Gasteiger partial charge is 0.368 e. The summed E-state index contributed by atoms with van der Waals surface area (Å²) in [6.45, 7) is 6.13. The highest BCUT2D eigenvalue weighted by molar-refractivity contribution is 5.66. The van der Waals surface area contributed by atoms with Crippen LogP contribution in [0.5, 0.6) is 0 Å². The van der Waals surface area contributed by atoms with Gasteiger partial charge in [0.25, 0.3) is 5.95 Å². The van der Waals surface area contributed by atoms with Crippen molar-refractivity contribution in [2.45, 2.75) is 20.8 Å². The molecular formula is C14H15N7. The maximum absolute atomic E-state index is 5.81. The van der Waals surface area contributed by atoms with Crippen LogP contribution in [0.25, 0.3) is 17.3 Å². The zero-order valence-corrected chi connectivity index (χ0v) is 12.1. The molecule has 0 unspecified atom stereocenters. The van der Waals surface area contributed by atoms with Crippen molar-refractivity contribution in [2.24, 2.45) is 0 Å². The first-order valence-corrected chi connectivity index (χ1v) is 6.49. The summed E-state index contributed by atoms with van der Waals surface area (Å²) in [4.78, 5) is 16.7. The second-order valence-electron chi connectivity index (χ2n) is 4.93. The van der Waals surface area contributed by atoms with E-state index >= 15 is 0 Å². The molecule has 7 nitrogen and oxygen atoms in total. The van der Waals surface area contributed by atoms with Gasteiger partial charge in [-0.3, -0.25) is 0 Å². The molecule has 0 bridgehead atoms. The van der Waals surface area contributed by atoms with Gasteiger partial charge in [-0.15, -0.1) is 0 Å². The number of rotatable bonds is 2. The predicted octanol–water partition coefficient (Wildman–Crippen LogP) is 1.63. The first-order chi connectivity index (χ1) is 10.0. The van der Waals surface area contributed by atoms with Gasteiger partial charge in [0.1, 0.15) is 12.7 Å². The molecule has 1 aromatic carbocycles. The minimum atomic E-state index is 0.157. The van der Waals surface area contributed by atoms with Crippen LogP contribution in [-0.4, -0.2) is 29.7 Å². The Morgan fingerprint density at radius 1 is 1.00 bits per heavy atom. The second kappa shape index (κ2) is 4.93. The van der Waals surface area contributed by atoms with Crippen LogP contribution in [0, 0.1) is 20.8 Å². The number of nitrogen functional groups attached to an aromatic ring is 1. The second-order valence-corrected chi connectivity index (χ2v) is 4.93. The third-order valence-electron chi connectivity index (χ3n) is 3.17. The fraction of sp³-hybridized carbons (Fsp3) is 0.214. The molecule has 0 atom stereocenters. The highest BCUT2D eigenvalue weighted by Crippen LogP contribution is 2.26. The molecule has 3 rings (SSSR count). The monoisotopic (exact) mass is 281 g/mol. The molecule has 21 heavy (non-hydrogen) atoms. The zero-order valence-electron chi connectivity index (χ0n) is 12.1. The van der Waals surface area contributed by atoms with E-state index in [1.54, 1.807) is 0 Å². The molecule has 0 amide bonds. The quantitative estimate of drug-likeness (QED) is 0.767. The summed E-state index contributed by atoms with van der Waals surface area (Å²) < 4.78 is 1.46. The van der Waals surface area contributed by atoms with E-state index in [-0.39, 0.29) is 5.95 Å². The molecule has 0 aliphatic carbocycles. The lowest BCUT2D eigenvalue weighted by Gasteiger charge is -2.11. The Bertz CT molecular complexity index is 770. The molecular weight excluding hydrogens is 266 g/mol. The van der Waals surface area contributed by atoms with Crippen molar-refractivity contribution in [3.8, 4) is 17.3 Å². The molecule has 0 spiro atoms. The molecule has 2 heterocycles. The van der Waals surface area contributed by atoms with Crippen molar-refractivity contribution in [2.75, 3.05) is 5.73 Å². The summed E-state index contributed by atoms with van der Waals surface area (Å²) in [6, 6.07) is 4.19. The minimum absolute atomic E-state index is 0.157. The lowest BCUT2D eigenvalue weighted by molar-refractivity contribution is 0.799. The van der Waals surface area contributed by atoms with Crippen molar-refractivity contribution in [3.63, 3.8) is 0 Å². The molecule has 0 saturated heterocycles.